The second kappa shape index (κ2) is 5.29. The van der Waals surface area contributed by atoms with Gasteiger partial charge in [-0.1, -0.05) is 24.3 Å². The van der Waals surface area contributed by atoms with E-state index in [0.717, 1.165) is 10.8 Å². The lowest BCUT2D eigenvalue weighted by Gasteiger charge is -2.05. The third-order valence-electron chi connectivity index (χ3n) is 3.35. The molecule has 3 rings (SSSR count). The Hall–Kier alpha value is -3.21. The van der Waals surface area contributed by atoms with Gasteiger partial charge in [-0.3, -0.25) is 4.99 Å². The van der Waals surface area contributed by atoms with E-state index in [1.165, 1.54) is 18.3 Å². The van der Waals surface area contributed by atoms with E-state index in [2.05, 4.69) is 4.99 Å². The molecule has 5 heteroatoms. The van der Waals surface area contributed by atoms with E-state index in [1.807, 2.05) is 24.3 Å². The van der Waals surface area contributed by atoms with Crippen molar-refractivity contribution in [3.63, 3.8) is 0 Å². The third kappa shape index (κ3) is 2.40. The van der Waals surface area contributed by atoms with Gasteiger partial charge >= 0.3 is 0 Å². The Morgan fingerprint density at radius 3 is 2.14 bits per heavy atom. The van der Waals surface area contributed by atoms with Crippen LogP contribution in [0.4, 0.5) is 5.69 Å². The quantitative estimate of drug-likeness (QED) is 0.430. The molecule has 0 spiro atoms. The standard InChI is InChI=1S/C17H13NO4/c19-14-6-5-12(16(21)17(14)22)9-18-13-7-10-3-1-2-4-11(10)8-15(13)20/h1-9,19-22H. The molecule has 22 heavy (non-hydrogen) atoms. The molecule has 110 valence electrons. The molecular formula is C17H13NO4. The van der Waals surface area contributed by atoms with E-state index < -0.39 is 17.2 Å². The van der Waals surface area contributed by atoms with Crippen LogP contribution in [0, 0.1) is 0 Å². The van der Waals surface area contributed by atoms with Crippen molar-refractivity contribution in [1.82, 2.24) is 0 Å². The molecule has 0 radical (unpaired) electrons. The molecule has 0 heterocycles. The van der Waals surface area contributed by atoms with Crippen molar-refractivity contribution in [2.75, 3.05) is 0 Å². The van der Waals surface area contributed by atoms with E-state index in [9.17, 15) is 20.4 Å². The Morgan fingerprint density at radius 1 is 0.727 bits per heavy atom. The molecule has 3 aromatic rings. The highest BCUT2D eigenvalue weighted by Gasteiger charge is 2.09. The minimum atomic E-state index is -0.605. The van der Waals surface area contributed by atoms with Crippen LogP contribution in [-0.4, -0.2) is 26.6 Å². The predicted molar refractivity (Wildman–Crippen MR) is 84.3 cm³/mol. The van der Waals surface area contributed by atoms with Crippen molar-refractivity contribution in [2.45, 2.75) is 0 Å². The summed E-state index contributed by atoms with van der Waals surface area (Å²) < 4.78 is 0. The lowest BCUT2D eigenvalue weighted by molar-refractivity contribution is 0.367. The summed E-state index contributed by atoms with van der Waals surface area (Å²) in [5, 5.41) is 40.3. The van der Waals surface area contributed by atoms with Crippen LogP contribution in [0.5, 0.6) is 23.0 Å². The van der Waals surface area contributed by atoms with Crippen molar-refractivity contribution in [3.8, 4) is 23.0 Å². The number of hydrogen-bond acceptors (Lipinski definition) is 5. The summed E-state index contributed by atoms with van der Waals surface area (Å²) in [6.07, 6.45) is 1.30. The number of hydrogen-bond donors (Lipinski definition) is 4. The maximum Gasteiger partial charge on any atom is 0.200 e. The van der Waals surface area contributed by atoms with Crippen LogP contribution in [0.1, 0.15) is 5.56 Å². The number of aromatic hydroxyl groups is 4. The average molecular weight is 295 g/mol. The molecule has 0 fully saturated rings. The lowest BCUT2D eigenvalue weighted by Crippen LogP contribution is -1.83. The smallest absolute Gasteiger partial charge is 0.200 e. The summed E-state index contributed by atoms with van der Waals surface area (Å²) in [5.41, 5.74) is 0.563. The Bertz CT molecular complexity index is 887. The first-order chi connectivity index (χ1) is 10.6. The molecule has 0 atom stereocenters. The van der Waals surface area contributed by atoms with Gasteiger partial charge in [0.15, 0.2) is 11.5 Å². The number of fused-ring (bicyclic) bond motifs is 1. The second-order valence-electron chi connectivity index (χ2n) is 4.82. The molecule has 0 unspecified atom stereocenters. The number of aliphatic imine (C=N–C) groups is 1. The van der Waals surface area contributed by atoms with Crippen molar-refractivity contribution >= 4 is 22.7 Å². The van der Waals surface area contributed by atoms with Crippen LogP contribution in [0.2, 0.25) is 0 Å². The number of phenols is 4. The van der Waals surface area contributed by atoms with Crippen molar-refractivity contribution < 1.29 is 20.4 Å². The zero-order chi connectivity index (χ0) is 15.7. The fraction of sp³-hybridized carbons (Fsp3) is 0. The minimum absolute atomic E-state index is 0.0115. The van der Waals surface area contributed by atoms with E-state index in [-0.39, 0.29) is 11.3 Å². The summed E-state index contributed by atoms with van der Waals surface area (Å²) in [6.45, 7) is 0. The molecular weight excluding hydrogens is 282 g/mol. The molecule has 0 saturated heterocycles. The zero-order valence-corrected chi connectivity index (χ0v) is 11.4. The van der Waals surface area contributed by atoms with Gasteiger partial charge in [0.2, 0.25) is 5.75 Å². The molecule has 0 saturated carbocycles. The van der Waals surface area contributed by atoms with Crippen LogP contribution >= 0.6 is 0 Å². The molecule has 0 aliphatic carbocycles. The van der Waals surface area contributed by atoms with Crippen LogP contribution in [0.15, 0.2) is 53.5 Å². The molecule has 0 bridgehead atoms. The van der Waals surface area contributed by atoms with Crippen LogP contribution in [-0.2, 0) is 0 Å². The van der Waals surface area contributed by atoms with Crippen molar-refractivity contribution in [2.24, 2.45) is 4.99 Å². The topological polar surface area (TPSA) is 93.3 Å². The largest absolute Gasteiger partial charge is 0.506 e. The summed E-state index contributed by atoms with van der Waals surface area (Å²) in [4.78, 5) is 4.13. The fourth-order valence-electron chi connectivity index (χ4n) is 2.15. The van der Waals surface area contributed by atoms with Crippen LogP contribution in [0.25, 0.3) is 10.8 Å². The van der Waals surface area contributed by atoms with Gasteiger partial charge in [-0.15, -0.1) is 0 Å². The van der Waals surface area contributed by atoms with Gasteiger partial charge in [-0.25, -0.2) is 0 Å². The SMILES string of the molecule is Oc1cc2ccccc2cc1N=Cc1ccc(O)c(O)c1O. The minimum Gasteiger partial charge on any atom is -0.506 e. The lowest BCUT2D eigenvalue weighted by atomic mass is 10.1. The Morgan fingerprint density at radius 2 is 1.41 bits per heavy atom. The van der Waals surface area contributed by atoms with Gasteiger partial charge < -0.3 is 20.4 Å². The Balaban J connectivity index is 2.02. The maximum atomic E-state index is 9.99. The Kier molecular flexibility index (Phi) is 3.31. The summed E-state index contributed by atoms with van der Waals surface area (Å²) in [6, 6.07) is 13.5. The highest BCUT2D eigenvalue weighted by Crippen LogP contribution is 2.37. The summed E-state index contributed by atoms with van der Waals surface area (Å²) in [5.74, 6) is -1.48. The molecule has 3 aromatic carbocycles. The number of benzene rings is 3. The molecule has 0 amide bonds. The molecule has 0 aliphatic rings. The van der Waals surface area contributed by atoms with E-state index in [0.29, 0.717) is 5.69 Å². The fourth-order valence-corrected chi connectivity index (χ4v) is 2.15. The summed E-state index contributed by atoms with van der Waals surface area (Å²) in [7, 11) is 0. The monoisotopic (exact) mass is 295 g/mol. The first-order valence-corrected chi connectivity index (χ1v) is 6.56. The van der Waals surface area contributed by atoms with Gasteiger partial charge in [0.25, 0.3) is 0 Å². The number of nitrogens with zero attached hydrogens (tertiary/aromatic N) is 1. The van der Waals surface area contributed by atoms with Crippen LogP contribution < -0.4 is 0 Å². The van der Waals surface area contributed by atoms with Gasteiger partial charge in [0.1, 0.15) is 11.4 Å². The molecule has 0 aliphatic heterocycles. The zero-order valence-electron chi connectivity index (χ0n) is 11.4. The van der Waals surface area contributed by atoms with Gasteiger partial charge in [-0.2, -0.15) is 0 Å². The van der Waals surface area contributed by atoms with Crippen molar-refractivity contribution in [1.29, 1.82) is 0 Å². The second-order valence-corrected chi connectivity index (χ2v) is 4.82. The first kappa shape index (κ1) is 13.8. The van der Waals surface area contributed by atoms with Gasteiger partial charge in [-0.05, 0) is 35.0 Å². The molecule has 5 nitrogen and oxygen atoms in total. The Labute approximate surface area is 126 Å². The third-order valence-corrected chi connectivity index (χ3v) is 3.35. The highest BCUT2D eigenvalue weighted by atomic mass is 16.3. The number of rotatable bonds is 2. The van der Waals surface area contributed by atoms with E-state index >= 15 is 0 Å². The highest BCUT2D eigenvalue weighted by molar-refractivity contribution is 5.91. The normalized spacial score (nSPS) is 11.3. The van der Waals surface area contributed by atoms with Crippen molar-refractivity contribution in [3.05, 3.63) is 54.1 Å². The van der Waals surface area contributed by atoms with Gasteiger partial charge in [0, 0.05) is 11.8 Å². The average Bonchev–Trinajstić information content (AvgIpc) is 2.52. The predicted octanol–water partition coefficient (Wildman–Crippen LogP) is 3.41. The first-order valence-electron chi connectivity index (χ1n) is 6.56. The maximum absolute atomic E-state index is 9.99. The van der Waals surface area contributed by atoms with Crippen LogP contribution in [0.3, 0.4) is 0 Å². The summed E-state index contributed by atoms with van der Waals surface area (Å²) >= 11 is 0. The van der Waals surface area contributed by atoms with Gasteiger partial charge in [0.05, 0.1) is 0 Å². The van der Waals surface area contributed by atoms with E-state index in [4.69, 9.17) is 0 Å². The number of phenolic OH excluding ortho intramolecular Hbond substituents is 4. The van der Waals surface area contributed by atoms with E-state index in [1.54, 1.807) is 12.1 Å². The molecule has 0 aromatic heterocycles. The molecule has 4 N–H and O–H groups in total.